The van der Waals surface area contributed by atoms with Crippen molar-refractivity contribution in [2.45, 2.75) is 103 Å². The zero-order valence-electron chi connectivity index (χ0n) is 20.7. The van der Waals surface area contributed by atoms with Gasteiger partial charge in [-0.25, -0.2) is 9.50 Å². The summed E-state index contributed by atoms with van der Waals surface area (Å²) in [6.45, 7) is 7.82. The number of nitriles is 1. The van der Waals surface area contributed by atoms with E-state index >= 15 is 0 Å². The van der Waals surface area contributed by atoms with Gasteiger partial charge in [-0.1, -0.05) is 20.3 Å². The molecule has 0 saturated heterocycles. The van der Waals surface area contributed by atoms with Crippen molar-refractivity contribution in [1.82, 2.24) is 14.6 Å². The van der Waals surface area contributed by atoms with Crippen LogP contribution in [0.3, 0.4) is 0 Å². The number of aliphatic carboxylic acids is 1. The normalized spacial score (nSPS) is 27.8. The van der Waals surface area contributed by atoms with Crippen molar-refractivity contribution in [3.05, 3.63) is 28.2 Å². The molecule has 2 aromatic rings. The van der Waals surface area contributed by atoms with Gasteiger partial charge in [0.1, 0.15) is 11.6 Å². The van der Waals surface area contributed by atoms with E-state index in [-0.39, 0.29) is 30.6 Å². The van der Waals surface area contributed by atoms with Gasteiger partial charge in [0.15, 0.2) is 5.65 Å². The summed E-state index contributed by atoms with van der Waals surface area (Å²) in [6, 6.07) is 2.24. The first-order valence-electron chi connectivity index (χ1n) is 12.5. The number of carbonyl (C=O) groups is 1. The Morgan fingerprint density at radius 1 is 1.20 bits per heavy atom. The van der Waals surface area contributed by atoms with E-state index < -0.39 is 23.5 Å². The Morgan fingerprint density at radius 2 is 1.86 bits per heavy atom. The number of hydrogen-bond acceptors (Lipinski definition) is 4. The molecule has 0 radical (unpaired) electrons. The van der Waals surface area contributed by atoms with E-state index in [2.05, 4.69) is 19.9 Å². The molecule has 0 aliphatic heterocycles. The quantitative estimate of drug-likeness (QED) is 0.520. The first kappa shape index (κ1) is 25.5. The van der Waals surface area contributed by atoms with Gasteiger partial charge in [-0.15, -0.1) is 0 Å². The first-order chi connectivity index (χ1) is 16.4. The Hall–Kier alpha value is -2.63. The van der Waals surface area contributed by atoms with Gasteiger partial charge in [0, 0.05) is 17.5 Å². The molecule has 2 fully saturated rings. The third kappa shape index (κ3) is 4.52. The highest BCUT2D eigenvalue weighted by Crippen LogP contribution is 2.47. The van der Waals surface area contributed by atoms with Crippen LogP contribution in [-0.4, -0.2) is 31.9 Å². The molecule has 4 rings (SSSR count). The highest BCUT2D eigenvalue weighted by molar-refractivity contribution is 5.74. The largest absolute Gasteiger partial charge is 0.481 e. The molecular weight excluding hydrogens is 457 g/mol. The summed E-state index contributed by atoms with van der Waals surface area (Å²) in [7, 11) is 0. The van der Waals surface area contributed by atoms with Crippen molar-refractivity contribution in [1.29, 1.82) is 5.26 Å². The standard InChI is InChI=1S/C26H33F3N4O2/c1-14(2)20-15(3)31-23-19(13-30)21(16-7-9-18(10-8-16)26(27,28)29)32-33(23)22(20)17-6-5-11-25(4,12-17)24(34)35/h14,16-18H,5-12H2,1-4H3,(H,34,35)/t16?,17?,18?,25-/m0/s1. The van der Waals surface area contributed by atoms with Crippen LogP contribution in [0.5, 0.6) is 0 Å². The highest BCUT2D eigenvalue weighted by Gasteiger charge is 2.43. The minimum atomic E-state index is -4.20. The number of nitrogens with zero attached hydrogens (tertiary/aromatic N) is 4. The molecule has 190 valence electrons. The summed E-state index contributed by atoms with van der Waals surface area (Å²) in [5.74, 6) is -2.29. The average molecular weight is 491 g/mol. The molecule has 0 bridgehead atoms. The van der Waals surface area contributed by atoms with Gasteiger partial charge < -0.3 is 5.11 Å². The van der Waals surface area contributed by atoms with Gasteiger partial charge in [-0.05, 0) is 70.3 Å². The van der Waals surface area contributed by atoms with Crippen LogP contribution < -0.4 is 0 Å². The summed E-state index contributed by atoms with van der Waals surface area (Å²) < 4.78 is 41.3. The van der Waals surface area contributed by atoms with E-state index in [9.17, 15) is 28.3 Å². The minimum absolute atomic E-state index is 0.0308. The molecular formula is C26H33F3N4O2. The van der Waals surface area contributed by atoms with Gasteiger partial charge in [-0.3, -0.25) is 4.79 Å². The molecule has 35 heavy (non-hydrogen) atoms. The van der Waals surface area contributed by atoms with Gasteiger partial charge in [0.25, 0.3) is 0 Å². The van der Waals surface area contributed by atoms with E-state index in [1.54, 1.807) is 11.4 Å². The molecule has 6 nitrogen and oxygen atoms in total. The number of halogens is 3. The summed E-state index contributed by atoms with van der Waals surface area (Å²) in [4.78, 5) is 16.8. The summed E-state index contributed by atoms with van der Waals surface area (Å²) in [5, 5.41) is 24.8. The highest BCUT2D eigenvalue weighted by atomic mass is 19.4. The number of rotatable bonds is 4. The lowest BCUT2D eigenvalue weighted by Gasteiger charge is -2.36. The van der Waals surface area contributed by atoms with Gasteiger partial charge in [0.2, 0.25) is 0 Å². The second-order valence-electron chi connectivity index (χ2n) is 11.0. The van der Waals surface area contributed by atoms with Crippen LogP contribution in [0.2, 0.25) is 0 Å². The number of carboxylic acid groups (broad SMARTS) is 1. The Morgan fingerprint density at radius 3 is 2.40 bits per heavy atom. The zero-order chi connectivity index (χ0) is 25.7. The Labute approximate surface area is 203 Å². The molecule has 0 spiro atoms. The maximum atomic E-state index is 13.2. The zero-order valence-corrected chi connectivity index (χ0v) is 20.7. The maximum Gasteiger partial charge on any atom is 0.391 e. The third-order valence-electron chi connectivity index (χ3n) is 8.20. The fraction of sp³-hybridized carbons (Fsp3) is 0.692. The smallest absolute Gasteiger partial charge is 0.391 e. The average Bonchev–Trinajstić information content (AvgIpc) is 3.15. The minimum Gasteiger partial charge on any atom is -0.481 e. The molecule has 0 amide bonds. The van der Waals surface area contributed by atoms with Crippen molar-refractivity contribution < 1.29 is 23.1 Å². The monoisotopic (exact) mass is 490 g/mol. The number of aromatic nitrogens is 3. The van der Waals surface area contributed by atoms with E-state index in [0.717, 1.165) is 29.8 Å². The van der Waals surface area contributed by atoms with E-state index in [4.69, 9.17) is 10.1 Å². The second kappa shape index (κ2) is 9.11. The molecule has 0 aromatic carbocycles. The fourth-order valence-corrected chi connectivity index (χ4v) is 6.32. The lowest BCUT2D eigenvalue weighted by Crippen LogP contribution is -2.34. The Balaban J connectivity index is 1.84. The van der Waals surface area contributed by atoms with Crippen LogP contribution >= 0.6 is 0 Å². The molecule has 2 heterocycles. The van der Waals surface area contributed by atoms with Crippen molar-refractivity contribution in [3.8, 4) is 6.07 Å². The van der Waals surface area contributed by atoms with E-state index in [0.29, 0.717) is 42.6 Å². The third-order valence-corrected chi connectivity index (χ3v) is 8.20. The lowest BCUT2D eigenvalue weighted by atomic mass is 9.69. The number of aryl methyl sites for hydroxylation is 1. The molecule has 2 aliphatic carbocycles. The van der Waals surface area contributed by atoms with E-state index in [1.165, 1.54) is 0 Å². The number of carboxylic acids is 1. The van der Waals surface area contributed by atoms with Crippen LogP contribution in [0, 0.1) is 29.6 Å². The van der Waals surface area contributed by atoms with Gasteiger partial charge >= 0.3 is 12.1 Å². The molecule has 1 N–H and O–H groups in total. The molecule has 2 saturated carbocycles. The van der Waals surface area contributed by atoms with Gasteiger partial charge in [0.05, 0.1) is 22.7 Å². The van der Waals surface area contributed by atoms with Crippen LogP contribution in [0.15, 0.2) is 0 Å². The number of hydrogen-bond donors (Lipinski definition) is 1. The van der Waals surface area contributed by atoms with Crippen LogP contribution in [0.25, 0.3) is 5.65 Å². The summed E-state index contributed by atoms with van der Waals surface area (Å²) in [5.41, 5.74) is 3.15. The predicted octanol–water partition coefficient (Wildman–Crippen LogP) is 6.62. The maximum absolute atomic E-state index is 13.2. The van der Waals surface area contributed by atoms with Gasteiger partial charge in [-0.2, -0.15) is 23.5 Å². The van der Waals surface area contributed by atoms with E-state index in [1.807, 2.05) is 6.92 Å². The van der Waals surface area contributed by atoms with Crippen LogP contribution in [-0.2, 0) is 4.79 Å². The predicted molar refractivity (Wildman–Crippen MR) is 124 cm³/mol. The molecule has 1 unspecified atom stereocenters. The fourth-order valence-electron chi connectivity index (χ4n) is 6.32. The molecule has 9 heteroatoms. The summed E-state index contributed by atoms with van der Waals surface area (Å²) in [6.07, 6.45) is -0.815. The Kier molecular flexibility index (Phi) is 6.62. The molecule has 2 aliphatic rings. The van der Waals surface area contributed by atoms with Crippen molar-refractivity contribution in [3.63, 3.8) is 0 Å². The van der Waals surface area contributed by atoms with Crippen LogP contribution in [0.1, 0.15) is 118 Å². The number of alkyl halides is 3. The number of fused-ring (bicyclic) bond motifs is 1. The molecule has 2 aromatic heterocycles. The van der Waals surface area contributed by atoms with Crippen molar-refractivity contribution in [2.75, 3.05) is 0 Å². The summed E-state index contributed by atoms with van der Waals surface area (Å²) >= 11 is 0. The lowest BCUT2D eigenvalue weighted by molar-refractivity contribution is -0.182. The van der Waals surface area contributed by atoms with Crippen molar-refractivity contribution >= 4 is 11.6 Å². The first-order valence-corrected chi connectivity index (χ1v) is 12.5. The SMILES string of the molecule is Cc1nc2c(C#N)c(C3CCC(C(F)(F)F)CC3)nn2c(C2CCC[C@](C)(C(=O)O)C2)c1C(C)C. The van der Waals surface area contributed by atoms with Crippen molar-refractivity contribution in [2.24, 2.45) is 11.3 Å². The van der Waals surface area contributed by atoms with Crippen LogP contribution in [0.4, 0.5) is 13.2 Å². The molecule has 2 atom stereocenters. The topological polar surface area (TPSA) is 91.3 Å². The Bertz CT molecular complexity index is 1170. The second-order valence-corrected chi connectivity index (χ2v) is 11.0.